The second kappa shape index (κ2) is 9.80. The molecule has 1 heterocycles. The molecule has 0 atom stereocenters. The first-order chi connectivity index (χ1) is 13.5. The van der Waals surface area contributed by atoms with Crippen LogP contribution in [0, 0.1) is 0 Å². The van der Waals surface area contributed by atoms with E-state index in [9.17, 15) is 9.59 Å². The fourth-order valence-electron chi connectivity index (χ4n) is 3.19. The van der Waals surface area contributed by atoms with Crippen molar-refractivity contribution in [2.75, 3.05) is 30.3 Å². The van der Waals surface area contributed by atoms with E-state index in [2.05, 4.69) is 10.6 Å². The van der Waals surface area contributed by atoms with Crippen LogP contribution < -0.4 is 10.6 Å². The van der Waals surface area contributed by atoms with Crippen molar-refractivity contribution in [2.24, 2.45) is 0 Å². The minimum Gasteiger partial charge on any atom is -0.376 e. The summed E-state index contributed by atoms with van der Waals surface area (Å²) in [7, 11) is 0. The van der Waals surface area contributed by atoms with Gasteiger partial charge in [0.2, 0.25) is 5.91 Å². The van der Waals surface area contributed by atoms with Crippen molar-refractivity contribution in [3.05, 3.63) is 58.1 Å². The number of hydrogen-bond donors (Lipinski definition) is 2. The van der Waals surface area contributed by atoms with Crippen LogP contribution in [0.25, 0.3) is 0 Å². The van der Waals surface area contributed by atoms with E-state index in [1.54, 1.807) is 24.3 Å². The number of likely N-dealkylation sites (tertiary alicyclic amines) is 1. The lowest BCUT2D eigenvalue weighted by atomic mass is 10.1. The van der Waals surface area contributed by atoms with Crippen LogP contribution in [0.4, 0.5) is 11.4 Å². The number of halogens is 2. The summed E-state index contributed by atoms with van der Waals surface area (Å²) in [6, 6.07) is 12.1. The number of anilines is 2. The zero-order chi connectivity index (χ0) is 19.9. The average molecular weight is 420 g/mol. The maximum Gasteiger partial charge on any atom is 0.253 e. The van der Waals surface area contributed by atoms with Gasteiger partial charge in [0.05, 0.1) is 17.3 Å². The number of rotatable bonds is 5. The zero-order valence-corrected chi connectivity index (χ0v) is 17.0. The highest BCUT2D eigenvalue weighted by atomic mass is 35.5. The van der Waals surface area contributed by atoms with Gasteiger partial charge in [0.25, 0.3) is 5.91 Å². The number of carbonyl (C=O) groups excluding carboxylic acids is 2. The topological polar surface area (TPSA) is 61.4 Å². The predicted molar refractivity (Wildman–Crippen MR) is 114 cm³/mol. The van der Waals surface area contributed by atoms with Crippen LogP contribution in [0.2, 0.25) is 10.0 Å². The Kier molecular flexibility index (Phi) is 7.18. The molecule has 0 unspecified atom stereocenters. The van der Waals surface area contributed by atoms with Crippen molar-refractivity contribution in [1.29, 1.82) is 0 Å². The number of amides is 2. The third-order valence-corrected chi connectivity index (χ3v) is 5.21. The van der Waals surface area contributed by atoms with E-state index in [1.807, 2.05) is 23.1 Å². The molecule has 0 aliphatic carbocycles. The smallest absolute Gasteiger partial charge is 0.253 e. The second-order valence-corrected chi connectivity index (χ2v) is 7.66. The van der Waals surface area contributed by atoms with E-state index < -0.39 is 0 Å². The van der Waals surface area contributed by atoms with Gasteiger partial charge in [0.1, 0.15) is 0 Å². The van der Waals surface area contributed by atoms with E-state index >= 15 is 0 Å². The van der Waals surface area contributed by atoms with Gasteiger partial charge in [-0.3, -0.25) is 9.59 Å². The Bertz CT molecular complexity index is 849. The number of hydrogen-bond acceptors (Lipinski definition) is 3. The molecule has 2 amide bonds. The Morgan fingerprint density at radius 1 is 0.964 bits per heavy atom. The van der Waals surface area contributed by atoms with Gasteiger partial charge in [-0.15, -0.1) is 0 Å². The van der Waals surface area contributed by atoms with Crippen molar-refractivity contribution < 1.29 is 9.59 Å². The summed E-state index contributed by atoms with van der Waals surface area (Å²) >= 11 is 11.9. The van der Waals surface area contributed by atoms with Gasteiger partial charge in [0.15, 0.2) is 0 Å². The van der Waals surface area contributed by atoms with Crippen LogP contribution in [0.3, 0.4) is 0 Å². The maximum atomic E-state index is 12.7. The lowest BCUT2D eigenvalue weighted by Crippen LogP contribution is -2.31. The zero-order valence-electron chi connectivity index (χ0n) is 15.5. The molecule has 7 heteroatoms. The summed E-state index contributed by atoms with van der Waals surface area (Å²) in [6.45, 7) is 1.67. The molecule has 1 aliphatic heterocycles. The van der Waals surface area contributed by atoms with Gasteiger partial charge >= 0.3 is 0 Å². The Balaban J connectivity index is 1.58. The number of nitrogens with zero attached hydrogens (tertiary/aromatic N) is 1. The number of carbonyl (C=O) groups is 2. The Hall–Kier alpha value is -2.24. The molecule has 2 aromatic rings. The summed E-state index contributed by atoms with van der Waals surface area (Å²) in [5.74, 6) is -0.198. The SMILES string of the molecule is O=C(CNc1cccc(C(=O)N2CCCCCC2)c1)Nc1ccc(Cl)cc1Cl. The van der Waals surface area contributed by atoms with Crippen LogP contribution in [0.5, 0.6) is 0 Å². The first-order valence-corrected chi connectivity index (χ1v) is 10.2. The monoisotopic (exact) mass is 419 g/mol. The van der Waals surface area contributed by atoms with Gasteiger partial charge in [-0.1, -0.05) is 42.1 Å². The van der Waals surface area contributed by atoms with Crippen molar-refractivity contribution in [3.8, 4) is 0 Å². The van der Waals surface area contributed by atoms with Crippen LogP contribution in [0.15, 0.2) is 42.5 Å². The normalized spacial score (nSPS) is 14.3. The van der Waals surface area contributed by atoms with Gasteiger partial charge in [-0.25, -0.2) is 0 Å². The first kappa shape index (κ1) is 20.5. The number of benzene rings is 2. The molecule has 0 spiro atoms. The predicted octanol–water partition coefficient (Wildman–Crippen LogP) is 5.06. The highest BCUT2D eigenvalue weighted by Crippen LogP contribution is 2.25. The van der Waals surface area contributed by atoms with E-state index in [0.29, 0.717) is 21.3 Å². The van der Waals surface area contributed by atoms with E-state index in [1.165, 1.54) is 12.8 Å². The van der Waals surface area contributed by atoms with Gasteiger partial charge in [0, 0.05) is 29.4 Å². The minimum atomic E-state index is -0.242. The van der Waals surface area contributed by atoms with Crippen LogP contribution >= 0.6 is 23.2 Å². The van der Waals surface area contributed by atoms with E-state index in [4.69, 9.17) is 23.2 Å². The molecule has 0 radical (unpaired) electrons. The molecule has 28 heavy (non-hydrogen) atoms. The Morgan fingerprint density at radius 3 is 2.43 bits per heavy atom. The third-order valence-electron chi connectivity index (χ3n) is 4.66. The molecule has 3 rings (SSSR count). The molecule has 1 aliphatic rings. The fraction of sp³-hybridized carbons (Fsp3) is 0.333. The van der Waals surface area contributed by atoms with E-state index in [0.717, 1.165) is 31.6 Å². The lowest BCUT2D eigenvalue weighted by molar-refractivity contribution is -0.114. The van der Waals surface area contributed by atoms with Crippen molar-refractivity contribution >= 4 is 46.4 Å². The molecule has 0 aromatic heterocycles. The van der Waals surface area contributed by atoms with Crippen LogP contribution in [-0.4, -0.2) is 36.3 Å². The molecule has 2 N–H and O–H groups in total. The molecule has 148 valence electrons. The molecule has 1 fully saturated rings. The first-order valence-electron chi connectivity index (χ1n) is 9.41. The summed E-state index contributed by atoms with van der Waals surface area (Å²) in [5.41, 5.74) is 1.86. The molecular formula is C21H23Cl2N3O2. The summed E-state index contributed by atoms with van der Waals surface area (Å²) in [4.78, 5) is 26.8. The molecule has 0 bridgehead atoms. The molecule has 2 aromatic carbocycles. The molecular weight excluding hydrogens is 397 g/mol. The molecule has 0 saturated carbocycles. The molecule has 1 saturated heterocycles. The Morgan fingerprint density at radius 2 is 1.71 bits per heavy atom. The summed E-state index contributed by atoms with van der Waals surface area (Å²) in [6.07, 6.45) is 4.46. The summed E-state index contributed by atoms with van der Waals surface area (Å²) < 4.78 is 0. The van der Waals surface area contributed by atoms with Gasteiger partial charge in [-0.05, 0) is 49.2 Å². The average Bonchev–Trinajstić information content (AvgIpc) is 2.98. The maximum absolute atomic E-state index is 12.7. The van der Waals surface area contributed by atoms with Crippen molar-refractivity contribution in [2.45, 2.75) is 25.7 Å². The van der Waals surface area contributed by atoms with E-state index in [-0.39, 0.29) is 18.4 Å². The largest absolute Gasteiger partial charge is 0.376 e. The standard InChI is InChI=1S/C21H23Cl2N3O2/c22-16-8-9-19(18(23)13-16)25-20(27)14-24-17-7-5-6-15(12-17)21(28)26-10-3-1-2-4-11-26/h5-9,12-13,24H,1-4,10-11,14H2,(H,25,27). The highest BCUT2D eigenvalue weighted by Gasteiger charge is 2.17. The van der Waals surface area contributed by atoms with Gasteiger partial charge in [-0.2, -0.15) is 0 Å². The van der Waals surface area contributed by atoms with Crippen molar-refractivity contribution in [3.63, 3.8) is 0 Å². The number of nitrogens with one attached hydrogen (secondary N) is 2. The minimum absolute atomic E-state index is 0.0444. The Labute approximate surface area is 175 Å². The highest BCUT2D eigenvalue weighted by molar-refractivity contribution is 6.36. The van der Waals surface area contributed by atoms with Crippen molar-refractivity contribution in [1.82, 2.24) is 4.90 Å². The van der Waals surface area contributed by atoms with Gasteiger partial charge < -0.3 is 15.5 Å². The fourth-order valence-corrected chi connectivity index (χ4v) is 3.64. The molecule has 5 nitrogen and oxygen atoms in total. The van der Waals surface area contributed by atoms with Crippen LogP contribution in [0.1, 0.15) is 36.0 Å². The lowest BCUT2D eigenvalue weighted by Gasteiger charge is -2.20. The van der Waals surface area contributed by atoms with Crippen LogP contribution in [-0.2, 0) is 4.79 Å². The quantitative estimate of drug-likeness (QED) is 0.711. The second-order valence-electron chi connectivity index (χ2n) is 6.81. The summed E-state index contributed by atoms with van der Waals surface area (Å²) in [5, 5.41) is 6.68. The third kappa shape index (κ3) is 5.63.